The molecule has 1 atom stereocenters. The second-order valence-corrected chi connectivity index (χ2v) is 6.84. The lowest BCUT2D eigenvalue weighted by Crippen LogP contribution is -2.49. The average molecular weight is 373 g/mol. The van der Waals surface area contributed by atoms with E-state index in [0.717, 1.165) is 16.7 Å². The molecule has 0 aromatic heterocycles. The number of fused-ring (bicyclic) bond motifs is 1. The van der Waals surface area contributed by atoms with Crippen molar-refractivity contribution in [2.75, 3.05) is 19.0 Å². The highest BCUT2D eigenvalue weighted by Gasteiger charge is 2.33. The Labute approximate surface area is 157 Å². The largest absolute Gasteiger partial charge is 0.468 e. The summed E-state index contributed by atoms with van der Waals surface area (Å²) in [5.74, 6) is -0.524. The molecule has 26 heavy (non-hydrogen) atoms. The van der Waals surface area contributed by atoms with Crippen LogP contribution in [0.25, 0.3) is 0 Å². The minimum Gasteiger partial charge on any atom is -0.468 e. The van der Waals surface area contributed by atoms with E-state index in [1.807, 2.05) is 48.2 Å². The maximum atomic E-state index is 12.5. The summed E-state index contributed by atoms with van der Waals surface area (Å²) in [7, 11) is 1.37. The van der Waals surface area contributed by atoms with E-state index in [-0.39, 0.29) is 18.4 Å². The molecular weight excluding hydrogens is 352 g/mol. The number of amides is 1. The number of anilines is 1. The van der Waals surface area contributed by atoms with Crippen LogP contribution in [0.1, 0.15) is 16.7 Å². The van der Waals surface area contributed by atoms with Crippen LogP contribution in [0, 0.1) is 6.92 Å². The van der Waals surface area contributed by atoms with Crippen molar-refractivity contribution in [1.29, 1.82) is 0 Å². The van der Waals surface area contributed by atoms with Gasteiger partial charge in [0.15, 0.2) is 0 Å². The zero-order valence-corrected chi connectivity index (χ0v) is 15.5. The molecule has 1 heterocycles. The van der Waals surface area contributed by atoms with E-state index in [1.165, 1.54) is 7.11 Å². The SMILES string of the molecule is COC(=O)[C@@H]1Cc2ccccc2CN1CC(=O)Nc1ccc(C)c(Cl)c1. The predicted octanol–water partition coefficient (Wildman–Crippen LogP) is 3.19. The summed E-state index contributed by atoms with van der Waals surface area (Å²) in [5.41, 5.74) is 3.82. The summed E-state index contributed by atoms with van der Waals surface area (Å²) in [5, 5.41) is 3.44. The van der Waals surface area contributed by atoms with Crippen molar-refractivity contribution in [3.63, 3.8) is 0 Å². The number of halogens is 1. The van der Waals surface area contributed by atoms with Crippen LogP contribution in [-0.4, -0.2) is 36.5 Å². The molecule has 0 unspecified atom stereocenters. The van der Waals surface area contributed by atoms with Gasteiger partial charge in [-0.15, -0.1) is 0 Å². The summed E-state index contributed by atoms with van der Waals surface area (Å²) in [6.07, 6.45) is 0.534. The van der Waals surface area contributed by atoms with Crippen LogP contribution in [0.15, 0.2) is 42.5 Å². The third kappa shape index (κ3) is 4.06. The topological polar surface area (TPSA) is 58.6 Å². The van der Waals surface area contributed by atoms with Crippen LogP contribution in [0.3, 0.4) is 0 Å². The van der Waals surface area contributed by atoms with Gasteiger partial charge in [-0.1, -0.05) is 41.9 Å². The van der Waals surface area contributed by atoms with Crippen molar-refractivity contribution in [3.8, 4) is 0 Å². The number of nitrogens with one attached hydrogen (secondary N) is 1. The molecule has 0 saturated heterocycles. The fraction of sp³-hybridized carbons (Fsp3) is 0.300. The molecule has 0 aliphatic carbocycles. The Kier molecular flexibility index (Phi) is 5.59. The number of aryl methyl sites for hydroxylation is 1. The number of benzene rings is 2. The number of methoxy groups -OCH3 is 1. The van der Waals surface area contributed by atoms with Crippen molar-refractivity contribution < 1.29 is 14.3 Å². The van der Waals surface area contributed by atoms with Crippen molar-refractivity contribution in [3.05, 3.63) is 64.2 Å². The number of esters is 1. The van der Waals surface area contributed by atoms with Crippen LogP contribution in [0.5, 0.6) is 0 Å². The molecule has 1 aliphatic rings. The van der Waals surface area contributed by atoms with Gasteiger partial charge in [-0.3, -0.25) is 14.5 Å². The third-order valence-corrected chi connectivity index (χ3v) is 5.03. The molecule has 1 N–H and O–H groups in total. The molecule has 0 bridgehead atoms. The van der Waals surface area contributed by atoms with Crippen molar-refractivity contribution in [2.24, 2.45) is 0 Å². The maximum Gasteiger partial charge on any atom is 0.323 e. The smallest absolute Gasteiger partial charge is 0.323 e. The third-order valence-electron chi connectivity index (χ3n) is 4.62. The Bertz CT molecular complexity index is 838. The van der Waals surface area contributed by atoms with Gasteiger partial charge < -0.3 is 10.1 Å². The highest BCUT2D eigenvalue weighted by molar-refractivity contribution is 6.31. The first-order valence-electron chi connectivity index (χ1n) is 8.42. The summed E-state index contributed by atoms with van der Waals surface area (Å²) in [6.45, 7) is 2.53. The summed E-state index contributed by atoms with van der Waals surface area (Å²) < 4.78 is 4.93. The lowest BCUT2D eigenvalue weighted by Gasteiger charge is -2.34. The fourth-order valence-corrected chi connectivity index (χ4v) is 3.35. The van der Waals surface area contributed by atoms with Crippen molar-refractivity contribution in [2.45, 2.75) is 25.9 Å². The average Bonchev–Trinajstić information content (AvgIpc) is 2.63. The quantitative estimate of drug-likeness (QED) is 0.837. The fourth-order valence-electron chi connectivity index (χ4n) is 3.17. The molecule has 1 amide bonds. The number of rotatable bonds is 4. The van der Waals surface area contributed by atoms with Crippen LogP contribution in [0.2, 0.25) is 5.02 Å². The Morgan fingerprint density at radius 1 is 1.23 bits per heavy atom. The number of hydrogen-bond donors (Lipinski definition) is 1. The number of nitrogens with zero attached hydrogens (tertiary/aromatic N) is 1. The van der Waals surface area contributed by atoms with Gasteiger partial charge in [0.2, 0.25) is 5.91 Å². The lowest BCUT2D eigenvalue weighted by molar-refractivity contribution is -0.148. The highest BCUT2D eigenvalue weighted by atomic mass is 35.5. The molecule has 3 rings (SSSR count). The highest BCUT2D eigenvalue weighted by Crippen LogP contribution is 2.24. The molecular formula is C20H21ClN2O3. The van der Waals surface area contributed by atoms with Gasteiger partial charge in [-0.05, 0) is 42.2 Å². The first-order chi connectivity index (χ1) is 12.5. The van der Waals surface area contributed by atoms with Gasteiger partial charge in [-0.25, -0.2) is 0 Å². The Morgan fingerprint density at radius 3 is 2.65 bits per heavy atom. The van der Waals surface area contributed by atoms with E-state index in [2.05, 4.69) is 5.32 Å². The normalized spacial score (nSPS) is 16.7. The Balaban J connectivity index is 1.74. The lowest BCUT2D eigenvalue weighted by atomic mass is 9.94. The van der Waals surface area contributed by atoms with E-state index in [0.29, 0.717) is 23.7 Å². The van der Waals surface area contributed by atoms with Crippen molar-refractivity contribution >= 4 is 29.2 Å². The van der Waals surface area contributed by atoms with E-state index in [1.54, 1.807) is 6.07 Å². The number of ether oxygens (including phenoxy) is 1. The molecule has 2 aromatic carbocycles. The van der Waals surface area contributed by atoms with Crippen LogP contribution in [-0.2, 0) is 27.3 Å². The molecule has 5 nitrogen and oxygen atoms in total. The summed E-state index contributed by atoms with van der Waals surface area (Å²) in [6, 6.07) is 12.9. The number of carbonyl (C=O) groups excluding carboxylic acids is 2. The zero-order valence-electron chi connectivity index (χ0n) is 14.8. The first-order valence-corrected chi connectivity index (χ1v) is 8.80. The van der Waals surface area contributed by atoms with E-state index < -0.39 is 6.04 Å². The first kappa shape index (κ1) is 18.4. The second-order valence-electron chi connectivity index (χ2n) is 6.43. The minimum absolute atomic E-state index is 0.0968. The standard InChI is InChI=1S/C20H21ClN2O3/c1-13-7-8-16(10-17(13)21)22-19(24)12-23-11-15-6-4-3-5-14(15)9-18(23)20(25)26-2/h3-8,10,18H,9,11-12H2,1-2H3,(H,22,24)/t18-/m0/s1. The van der Waals surface area contributed by atoms with E-state index in [9.17, 15) is 9.59 Å². The zero-order chi connectivity index (χ0) is 18.7. The molecule has 2 aromatic rings. The maximum absolute atomic E-state index is 12.5. The summed E-state index contributed by atoms with van der Waals surface area (Å²) in [4.78, 5) is 26.5. The molecule has 0 fully saturated rings. The van der Waals surface area contributed by atoms with Gasteiger partial charge in [0.1, 0.15) is 6.04 Å². The number of hydrogen-bond acceptors (Lipinski definition) is 4. The van der Waals surface area contributed by atoms with Gasteiger partial charge in [0, 0.05) is 17.3 Å². The predicted molar refractivity (Wildman–Crippen MR) is 101 cm³/mol. The Morgan fingerprint density at radius 2 is 1.96 bits per heavy atom. The second kappa shape index (κ2) is 7.89. The number of carbonyl (C=O) groups is 2. The van der Waals surface area contributed by atoms with Crippen LogP contribution >= 0.6 is 11.6 Å². The van der Waals surface area contributed by atoms with E-state index >= 15 is 0 Å². The Hall–Kier alpha value is -2.37. The molecule has 0 saturated carbocycles. The van der Waals surface area contributed by atoms with Crippen LogP contribution < -0.4 is 5.32 Å². The monoisotopic (exact) mass is 372 g/mol. The summed E-state index contributed by atoms with van der Waals surface area (Å²) >= 11 is 6.11. The molecule has 136 valence electrons. The van der Waals surface area contributed by atoms with Crippen molar-refractivity contribution in [1.82, 2.24) is 4.90 Å². The van der Waals surface area contributed by atoms with Gasteiger partial charge >= 0.3 is 5.97 Å². The minimum atomic E-state index is -0.470. The van der Waals surface area contributed by atoms with Crippen LogP contribution in [0.4, 0.5) is 5.69 Å². The molecule has 0 spiro atoms. The molecule has 0 radical (unpaired) electrons. The van der Waals surface area contributed by atoms with E-state index in [4.69, 9.17) is 16.3 Å². The van der Waals surface area contributed by atoms with Gasteiger partial charge in [-0.2, -0.15) is 0 Å². The van der Waals surface area contributed by atoms with Gasteiger partial charge in [0.25, 0.3) is 0 Å². The van der Waals surface area contributed by atoms with Gasteiger partial charge in [0.05, 0.1) is 13.7 Å². The molecule has 6 heteroatoms. The molecule has 1 aliphatic heterocycles.